The molecule has 0 bridgehead atoms. The summed E-state index contributed by atoms with van der Waals surface area (Å²) in [5.74, 6) is 0. The van der Waals surface area contributed by atoms with Gasteiger partial charge in [-0.25, -0.2) is 4.98 Å². The number of benzene rings is 1. The van der Waals surface area contributed by atoms with Crippen LogP contribution in [0.25, 0.3) is 10.9 Å². The van der Waals surface area contributed by atoms with Gasteiger partial charge in [0.1, 0.15) is 0 Å². The molecule has 0 radical (unpaired) electrons. The largest absolute Gasteiger partial charge is 0.383 e. The first-order valence-electron chi connectivity index (χ1n) is 9.38. The molecule has 2 heterocycles. The summed E-state index contributed by atoms with van der Waals surface area (Å²) in [7, 11) is 3.71. The number of thiazole rings is 1. The first-order valence-corrected chi connectivity index (χ1v) is 10.3. The monoisotopic (exact) mass is 383 g/mol. The molecule has 0 aliphatic heterocycles. The maximum absolute atomic E-state index is 13.2. The molecule has 1 aliphatic rings. The van der Waals surface area contributed by atoms with Crippen LogP contribution in [0.15, 0.2) is 33.9 Å². The van der Waals surface area contributed by atoms with Crippen molar-refractivity contribution >= 4 is 22.2 Å². The molecule has 5 nitrogen and oxygen atoms in total. The van der Waals surface area contributed by atoms with E-state index in [0.29, 0.717) is 19.7 Å². The van der Waals surface area contributed by atoms with E-state index in [-0.39, 0.29) is 5.56 Å². The lowest BCUT2D eigenvalue weighted by molar-refractivity contribution is 0.187. The maximum atomic E-state index is 13.2. The van der Waals surface area contributed by atoms with Crippen molar-refractivity contribution in [2.24, 2.45) is 0 Å². The first kappa shape index (κ1) is 18.3. The van der Waals surface area contributed by atoms with Crippen molar-refractivity contribution < 1.29 is 4.74 Å². The molecule has 0 saturated carbocycles. The number of methoxy groups -OCH3 is 1. The van der Waals surface area contributed by atoms with Gasteiger partial charge in [0.2, 0.25) is 0 Å². The molecule has 0 N–H and O–H groups in total. The molecule has 6 heteroatoms. The standard InChI is InChI=1S/C21H25N3O2S/c1-23(12-19-13-27-14-22-19)11-18-9-17-8-15-4-3-5-16(15)10-20(17)24(21(18)25)6-7-26-2/h8-10,13-14H,3-7,11-12H2,1-2H3. The Morgan fingerprint density at radius 3 is 2.78 bits per heavy atom. The number of pyridine rings is 1. The zero-order valence-electron chi connectivity index (χ0n) is 15.9. The minimum absolute atomic E-state index is 0.0858. The summed E-state index contributed by atoms with van der Waals surface area (Å²) in [6, 6.07) is 6.58. The van der Waals surface area contributed by atoms with Crippen LogP contribution in [0.3, 0.4) is 0 Å². The van der Waals surface area contributed by atoms with Gasteiger partial charge in [-0.2, -0.15) is 0 Å². The highest BCUT2D eigenvalue weighted by Crippen LogP contribution is 2.27. The Bertz CT molecular complexity index is 995. The van der Waals surface area contributed by atoms with E-state index in [0.717, 1.165) is 41.5 Å². The van der Waals surface area contributed by atoms with Gasteiger partial charge in [-0.15, -0.1) is 11.3 Å². The summed E-state index contributed by atoms with van der Waals surface area (Å²) in [5.41, 5.74) is 7.65. The van der Waals surface area contributed by atoms with E-state index in [9.17, 15) is 4.79 Å². The number of fused-ring (bicyclic) bond motifs is 2. The molecule has 3 aromatic rings. The highest BCUT2D eigenvalue weighted by molar-refractivity contribution is 7.07. The zero-order chi connectivity index (χ0) is 18.8. The maximum Gasteiger partial charge on any atom is 0.255 e. The van der Waals surface area contributed by atoms with Gasteiger partial charge < -0.3 is 9.30 Å². The Kier molecular flexibility index (Phi) is 5.38. The second-order valence-corrected chi connectivity index (χ2v) is 8.02. The van der Waals surface area contributed by atoms with E-state index < -0.39 is 0 Å². The molecule has 27 heavy (non-hydrogen) atoms. The van der Waals surface area contributed by atoms with Crippen molar-refractivity contribution in [3.05, 3.63) is 61.8 Å². The van der Waals surface area contributed by atoms with Crippen LogP contribution in [0.1, 0.15) is 28.8 Å². The number of ether oxygens (including phenoxy) is 1. The molecule has 4 rings (SSSR count). The van der Waals surface area contributed by atoms with Crippen molar-refractivity contribution in [1.82, 2.24) is 14.5 Å². The smallest absolute Gasteiger partial charge is 0.255 e. The van der Waals surface area contributed by atoms with Crippen molar-refractivity contribution in [3.8, 4) is 0 Å². The van der Waals surface area contributed by atoms with Gasteiger partial charge >= 0.3 is 0 Å². The fourth-order valence-electron chi connectivity index (χ4n) is 3.97. The average Bonchev–Trinajstić information content (AvgIpc) is 3.31. The van der Waals surface area contributed by atoms with Crippen LogP contribution in [0, 0.1) is 0 Å². The number of hydrogen-bond acceptors (Lipinski definition) is 5. The normalized spacial score (nSPS) is 13.6. The number of hydrogen-bond donors (Lipinski definition) is 0. The van der Waals surface area contributed by atoms with Crippen molar-refractivity contribution in [2.45, 2.75) is 38.9 Å². The van der Waals surface area contributed by atoms with E-state index in [2.05, 4.69) is 33.5 Å². The van der Waals surface area contributed by atoms with Gasteiger partial charge in [0.25, 0.3) is 5.56 Å². The number of nitrogens with zero attached hydrogens (tertiary/aromatic N) is 3. The molecule has 1 aromatic carbocycles. The van der Waals surface area contributed by atoms with Crippen molar-refractivity contribution in [1.29, 1.82) is 0 Å². The summed E-state index contributed by atoms with van der Waals surface area (Å²) in [4.78, 5) is 19.7. The molecular formula is C21H25N3O2S. The molecule has 0 amide bonds. The van der Waals surface area contributed by atoms with E-state index >= 15 is 0 Å². The number of rotatable bonds is 7. The van der Waals surface area contributed by atoms with Crippen molar-refractivity contribution in [2.75, 3.05) is 20.8 Å². The molecule has 142 valence electrons. The van der Waals surface area contributed by atoms with E-state index in [1.54, 1.807) is 18.4 Å². The van der Waals surface area contributed by atoms with Crippen LogP contribution < -0.4 is 5.56 Å². The first-order chi connectivity index (χ1) is 13.2. The van der Waals surface area contributed by atoms with Crippen LogP contribution in [0.5, 0.6) is 0 Å². The van der Waals surface area contributed by atoms with Gasteiger partial charge in [0.15, 0.2) is 0 Å². The van der Waals surface area contributed by atoms with E-state index in [4.69, 9.17) is 4.74 Å². The quantitative estimate of drug-likeness (QED) is 0.628. The Labute approximate surface area is 163 Å². The zero-order valence-corrected chi connectivity index (χ0v) is 16.7. The average molecular weight is 384 g/mol. The lowest BCUT2D eigenvalue weighted by Crippen LogP contribution is -2.29. The Morgan fingerprint density at radius 2 is 2.04 bits per heavy atom. The van der Waals surface area contributed by atoms with Crippen LogP contribution in [0.4, 0.5) is 0 Å². The Balaban J connectivity index is 1.72. The van der Waals surface area contributed by atoms with Gasteiger partial charge in [-0.3, -0.25) is 9.69 Å². The molecule has 0 spiro atoms. The summed E-state index contributed by atoms with van der Waals surface area (Å²) in [6.45, 7) is 2.46. The lowest BCUT2D eigenvalue weighted by Gasteiger charge is -2.18. The number of aryl methyl sites for hydroxylation is 2. The lowest BCUT2D eigenvalue weighted by atomic mass is 10.0. The minimum atomic E-state index is 0.0858. The predicted octanol–water partition coefficient (Wildman–Crippen LogP) is 3.23. The van der Waals surface area contributed by atoms with E-state index in [1.165, 1.54) is 17.5 Å². The molecule has 2 aromatic heterocycles. The third-order valence-electron chi connectivity index (χ3n) is 5.26. The molecule has 0 fully saturated rings. The Hall–Kier alpha value is -2.02. The third-order valence-corrected chi connectivity index (χ3v) is 5.89. The van der Waals surface area contributed by atoms with E-state index in [1.807, 2.05) is 17.1 Å². The summed E-state index contributed by atoms with van der Waals surface area (Å²) in [5, 5.41) is 3.21. The highest BCUT2D eigenvalue weighted by Gasteiger charge is 2.16. The van der Waals surface area contributed by atoms with Crippen LogP contribution in [0.2, 0.25) is 0 Å². The molecule has 0 unspecified atom stereocenters. The highest BCUT2D eigenvalue weighted by atomic mass is 32.1. The van der Waals surface area contributed by atoms with Gasteiger partial charge in [0.05, 0.1) is 23.3 Å². The van der Waals surface area contributed by atoms with Crippen LogP contribution >= 0.6 is 11.3 Å². The molecular weight excluding hydrogens is 358 g/mol. The second-order valence-electron chi connectivity index (χ2n) is 7.30. The van der Waals surface area contributed by atoms with Crippen LogP contribution in [-0.4, -0.2) is 35.2 Å². The summed E-state index contributed by atoms with van der Waals surface area (Å²) >= 11 is 1.60. The number of aromatic nitrogens is 2. The molecule has 0 atom stereocenters. The van der Waals surface area contributed by atoms with Gasteiger partial charge in [-0.1, -0.05) is 0 Å². The topological polar surface area (TPSA) is 47.4 Å². The fourth-order valence-corrected chi connectivity index (χ4v) is 4.52. The second kappa shape index (κ2) is 7.92. The predicted molar refractivity (Wildman–Crippen MR) is 109 cm³/mol. The Morgan fingerprint density at radius 1 is 1.22 bits per heavy atom. The fraction of sp³-hybridized carbons (Fsp3) is 0.429. The van der Waals surface area contributed by atoms with Gasteiger partial charge in [0, 0.05) is 37.7 Å². The molecule has 0 saturated heterocycles. The van der Waals surface area contributed by atoms with Crippen LogP contribution in [-0.2, 0) is 37.2 Å². The summed E-state index contributed by atoms with van der Waals surface area (Å²) in [6.07, 6.45) is 3.46. The SMILES string of the molecule is COCCn1c(=O)c(CN(C)Cc2cscn2)cc2cc3c(cc21)CCC3. The molecule has 1 aliphatic carbocycles. The summed E-state index contributed by atoms with van der Waals surface area (Å²) < 4.78 is 7.15. The van der Waals surface area contributed by atoms with Crippen molar-refractivity contribution in [3.63, 3.8) is 0 Å². The minimum Gasteiger partial charge on any atom is -0.383 e. The van der Waals surface area contributed by atoms with Gasteiger partial charge in [-0.05, 0) is 61.0 Å². The third kappa shape index (κ3) is 3.83.